The molecule has 0 spiro atoms. The maximum atomic E-state index is 12.9. The van der Waals surface area contributed by atoms with Crippen molar-refractivity contribution in [3.63, 3.8) is 0 Å². The zero-order valence-corrected chi connectivity index (χ0v) is 13.3. The van der Waals surface area contributed by atoms with Gasteiger partial charge in [-0.1, -0.05) is 0 Å². The van der Waals surface area contributed by atoms with E-state index in [0.29, 0.717) is 15.2 Å². The fraction of sp³-hybridized carbons (Fsp3) is 0.214. The molecule has 1 aromatic carbocycles. The van der Waals surface area contributed by atoms with Crippen molar-refractivity contribution in [3.8, 4) is 5.69 Å². The lowest BCUT2D eigenvalue weighted by Gasteiger charge is -2.13. The third-order valence-corrected chi connectivity index (χ3v) is 3.86. The molecule has 2 aromatic heterocycles. The summed E-state index contributed by atoms with van der Waals surface area (Å²) in [6.45, 7) is 0. The van der Waals surface area contributed by atoms with Crippen LogP contribution in [-0.4, -0.2) is 23.8 Å². The number of hydrogen-bond acceptors (Lipinski definition) is 5. The summed E-state index contributed by atoms with van der Waals surface area (Å²) in [6.07, 6.45) is -4.86. The van der Waals surface area contributed by atoms with Crippen LogP contribution in [0.4, 0.5) is 19.0 Å². The van der Waals surface area contributed by atoms with Gasteiger partial charge in [0.05, 0.1) is 23.4 Å². The topological polar surface area (TPSA) is 105 Å². The van der Waals surface area contributed by atoms with Crippen LogP contribution < -0.4 is 11.2 Å². The Hall–Kier alpha value is -3.44. The smallest absolute Gasteiger partial charge is 0.358 e. The van der Waals surface area contributed by atoms with E-state index >= 15 is 0 Å². The predicted octanol–water partition coefficient (Wildman–Crippen LogP) is 1.35. The molecule has 0 aliphatic rings. The number of nitrogens with zero attached hydrogens (tertiary/aromatic N) is 5. The van der Waals surface area contributed by atoms with E-state index in [2.05, 4.69) is 5.10 Å². The van der Waals surface area contributed by atoms with Gasteiger partial charge in [-0.05, 0) is 23.1 Å². The van der Waals surface area contributed by atoms with Crippen LogP contribution in [0.2, 0.25) is 0 Å². The molecule has 12 heteroatoms. The Balaban J connectivity index is 2.30. The second kappa shape index (κ2) is 5.54. The number of aryl methyl sites for hydroxylation is 1. The van der Waals surface area contributed by atoms with Crippen molar-refractivity contribution in [2.75, 3.05) is 0 Å². The molecule has 0 fully saturated rings. The van der Waals surface area contributed by atoms with Crippen LogP contribution >= 0.6 is 0 Å². The molecular weight excluding hydrogens is 359 g/mol. The Morgan fingerprint density at radius 2 is 1.81 bits per heavy atom. The fourth-order valence-corrected chi connectivity index (χ4v) is 2.64. The average molecular weight is 369 g/mol. The third kappa shape index (κ3) is 2.55. The molecule has 9 nitrogen and oxygen atoms in total. The monoisotopic (exact) mass is 369 g/mol. The molecule has 0 aliphatic heterocycles. The van der Waals surface area contributed by atoms with Crippen LogP contribution in [0.15, 0.2) is 33.9 Å². The number of rotatable bonds is 2. The van der Waals surface area contributed by atoms with Gasteiger partial charge in [0, 0.05) is 13.1 Å². The molecule has 0 amide bonds. The van der Waals surface area contributed by atoms with Crippen LogP contribution in [0.5, 0.6) is 0 Å². The highest BCUT2D eigenvalue weighted by molar-refractivity contribution is 5.88. The van der Waals surface area contributed by atoms with E-state index < -0.39 is 33.9 Å². The molecule has 0 bridgehead atoms. The molecular formula is C14H10F3N5O4. The van der Waals surface area contributed by atoms with Crippen molar-refractivity contribution in [2.45, 2.75) is 6.18 Å². The lowest BCUT2D eigenvalue weighted by Crippen LogP contribution is -2.40. The first-order valence-electron chi connectivity index (χ1n) is 7.04. The highest BCUT2D eigenvalue weighted by Gasteiger charge is 2.35. The first-order chi connectivity index (χ1) is 12.0. The first-order valence-corrected chi connectivity index (χ1v) is 7.04. The van der Waals surface area contributed by atoms with E-state index in [0.717, 1.165) is 7.05 Å². The molecule has 0 radical (unpaired) electrons. The van der Waals surface area contributed by atoms with Gasteiger partial charge >= 0.3 is 17.7 Å². The first kappa shape index (κ1) is 17.4. The molecule has 0 N–H and O–H groups in total. The van der Waals surface area contributed by atoms with Gasteiger partial charge in [0.2, 0.25) is 0 Å². The van der Waals surface area contributed by atoms with Crippen molar-refractivity contribution in [3.05, 3.63) is 60.9 Å². The van der Waals surface area contributed by atoms with Gasteiger partial charge < -0.3 is 10.1 Å². The zero-order chi connectivity index (χ0) is 19.4. The summed E-state index contributed by atoms with van der Waals surface area (Å²) in [5.74, 6) is -0.415. The summed E-state index contributed by atoms with van der Waals surface area (Å²) in [7, 11) is 2.32. The number of halogens is 3. The van der Waals surface area contributed by atoms with Crippen LogP contribution in [0, 0.1) is 10.1 Å². The van der Waals surface area contributed by atoms with Gasteiger partial charge in [-0.3, -0.25) is 9.36 Å². The molecule has 0 saturated heterocycles. The molecule has 2 heterocycles. The van der Waals surface area contributed by atoms with Gasteiger partial charge in [-0.25, -0.2) is 9.36 Å². The van der Waals surface area contributed by atoms with E-state index in [1.165, 1.54) is 29.9 Å². The molecule has 26 heavy (non-hydrogen) atoms. The Morgan fingerprint density at radius 1 is 1.15 bits per heavy atom. The summed E-state index contributed by atoms with van der Waals surface area (Å²) < 4.78 is 40.7. The van der Waals surface area contributed by atoms with E-state index in [9.17, 15) is 32.9 Å². The highest BCUT2D eigenvalue weighted by atomic mass is 19.4. The summed E-state index contributed by atoms with van der Waals surface area (Å²) in [6, 6.07) is 4.09. The average Bonchev–Trinajstić information content (AvgIpc) is 2.87. The van der Waals surface area contributed by atoms with Crippen LogP contribution in [0.3, 0.4) is 0 Å². The summed E-state index contributed by atoms with van der Waals surface area (Å²) in [5.41, 5.74) is -3.53. The molecule has 3 aromatic rings. The van der Waals surface area contributed by atoms with Gasteiger partial charge in [0.1, 0.15) is 11.1 Å². The minimum atomic E-state index is -4.86. The van der Waals surface area contributed by atoms with E-state index in [1.54, 1.807) is 0 Å². The van der Waals surface area contributed by atoms with Crippen LogP contribution in [0.25, 0.3) is 16.6 Å². The Labute approximate surface area is 141 Å². The van der Waals surface area contributed by atoms with Crippen molar-refractivity contribution in [2.24, 2.45) is 14.1 Å². The summed E-state index contributed by atoms with van der Waals surface area (Å²) in [5, 5.41) is 14.9. The zero-order valence-electron chi connectivity index (χ0n) is 13.3. The Morgan fingerprint density at radius 3 is 2.38 bits per heavy atom. The normalized spacial score (nSPS) is 11.9. The lowest BCUT2D eigenvalue weighted by atomic mass is 10.2. The second-order valence-electron chi connectivity index (χ2n) is 5.45. The number of fused-ring (bicyclic) bond motifs is 1. The predicted molar refractivity (Wildman–Crippen MR) is 83.2 cm³/mol. The molecule has 0 aliphatic carbocycles. The standard InChI is InChI=1S/C14H10F3N5O4/c1-19-10(14(15,16)17)6-11(23)21(13(19)24)7-3-4-8-9(5-7)20(2)18-12(8)22(25)26/h3-6H,1-2H3. The van der Waals surface area contributed by atoms with E-state index in [1.807, 2.05) is 0 Å². The molecule has 136 valence electrons. The summed E-state index contributed by atoms with van der Waals surface area (Å²) in [4.78, 5) is 34.7. The number of hydrogen-bond donors (Lipinski definition) is 0. The van der Waals surface area contributed by atoms with Crippen molar-refractivity contribution >= 4 is 16.7 Å². The maximum absolute atomic E-state index is 12.9. The van der Waals surface area contributed by atoms with E-state index in [4.69, 9.17) is 0 Å². The largest absolute Gasteiger partial charge is 0.431 e. The molecule has 0 atom stereocenters. The SMILES string of the molecule is Cn1c(C(F)(F)F)cc(=O)n(-c2ccc3c([N+](=O)[O-])nn(C)c3c2)c1=O. The van der Waals surface area contributed by atoms with Crippen molar-refractivity contribution in [1.29, 1.82) is 0 Å². The lowest BCUT2D eigenvalue weighted by molar-refractivity contribution is -0.388. The maximum Gasteiger partial charge on any atom is 0.431 e. The van der Waals surface area contributed by atoms with Crippen molar-refractivity contribution < 1.29 is 18.1 Å². The highest BCUT2D eigenvalue weighted by Crippen LogP contribution is 2.28. The van der Waals surface area contributed by atoms with Gasteiger partial charge in [0.25, 0.3) is 5.56 Å². The Bertz CT molecular complexity index is 1170. The Kier molecular flexibility index (Phi) is 3.70. The fourth-order valence-electron chi connectivity index (χ4n) is 2.64. The third-order valence-electron chi connectivity index (χ3n) is 3.86. The van der Waals surface area contributed by atoms with Gasteiger partial charge in [-0.15, -0.1) is 0 Å². The van der Waals surface area contributed by atoms with Crippen LogP contribution in [-0.2, 0) is 20.3 Å². The van der Waals surface area contributed by atoms with E-state index in [-0.39, 0.29) is 16.6 Å². The van der Waals surface area contributed by atoms with Crippen LogP contribution in [0.1, 0.15) is 5.69 Å². The number of aromatic nitrogens is 4. The minimum Gasteiger partial charge on any atom is -0.358 e. The molecule has 3 rings (SSSR count). The van der Waals surface area contributed by atoms with Gasteiger partial charge in [-0.2, -0.15) is 17.9 Å². The number of nitro groups is 1. The quantitative estimate of drug-likeness (QED) is 0.501. The number of benzene rings is 1. The van der Waals surface area contributed by atoms with Gasteiger partial charge in [0.15, 0.2) is 0 Å². The molecule has 0 unspecified atom stereocenters. The molecule has 0 saturated carbocycles. The minimum absolute atomic E-state index is 0.0327. The second-order valence-corrected chi connectivity index (χ2v) is 5.45. The number of alkyl halides is 3. The summed E-state index contributed by atoms with van der Waals surface area (Å²) >= 11 is 0. The van der Waals surface area contributed by atoms with Crippen molar-refractivity contribution in [1.82, 2.24) is 18.9 Å².